The summed E-state index contributed by atoms with van der Waals surface area (Å²) < 4.78 is 0. The number of hydrogen-bond donors (Lipinski definition) is 2. The highest BCUT2D eigenvalue weighted by Gasteiger charge is 2.26. The van der Waals surface area contributed by atoms with Crippen molar-refractivity contribution in [1.82, 2.24) is 4.90 Å². The van der Waals surface area contributed by atoms with E-state index in [1.165, 1.54) is 0 Å². The van der Waals surface area contributed by atoms with Crippen molar-refractivity contribution in [3.8, 4) is 5.75 Å². The molecule has 0 saturated carbocycles. The lowest BCUT2D eigenvalue weighted by Gasteiger charge is -2.38. The number of nitrogens with zero attached hydrogens (tertiary/aromatic N) is 2. The molecular weight excluding hydrogens is 350 g/mol. The van der Waals surface area contributed by atoms with Crippen molar-refractivity contribution in [3.63, 3.8) is 0 Å². The Bertz CT molecular complexity index is 788. The Morgan fingerprint density at radius 1 is 1.15 bits per heavy atom. The van der Waals surface area contributed by atoms with E-state index in [0.717, 1.165) is 43.1 Å². The largest absolute Gasteiger partial charge is 0.506 e. The molecule has 3 rings (SSSR count). The zero-order valence-electron chi connectivity index (χ0n) is 15.1. The Labute approximate surface area is 159 Å². The fourth-order valence-electron chi connectivity index (χ4n) is 3.21. The molecule has 26 heavy (non-hydrogen) atoms. The van der Waals surface area contributed by atoms with E-state index in [0.29, 0.717) is 10.8 Å². The third-order valence-electron chi connectivity index (χ3n) is 4.92. The van der Waals surface area contributed by atoms with E-state index in [1.807, 2.05) is 44.2 Å². The van der Waals surface area contributed by atoms with E-state index in [1.54, 1.807) is 12.1 Å². The number of phenols is 1. The summed E-state index contributed by atoms with van der Waals surface area (Å²) >= 11 is 6.03. The Balaban J connectivity index is 1.59. The van der Waals surface area contributed by atoms with E-state index < -0.39 is 0 Å². The number of piperazine rings is 1. The van der Waals surface area contributed by atoms with Gasteiger partial charge in [0.25, 0.3) is 0 Å². The molecule has 1 atom stereocenters. The van der Waals surface area contributed by atoms with Gasteiger partial charge in [-0.2, -0.15) is 0 Å². The predicted octanol–water partition coefficient (Wildman–Crippen LogP) is 3.50. The van der Waals surface area contributed by atoms with Gasteiger partial charge in [-0.15, -0.1) is 0 Å². The molecule has 1 aliphatic rings. The van der Waals surface area contributed by atoms with E-state index in [4.69, 9.17) is 11.6 Å². The fraction of sp³-hybridized carbons (Fsp3) is 0.350. The van der Waals surface area contributed by atoms with Crippen molar-refractivity contribution in [2.45, 2.75) is 19.9 Å². The number of aromatic hydroxyl groups is 1. The maximum atomic E-state index is 12.6. The van der Waals surface area contributed by atoms with Crippen LogP contribution in [0.25, 0.3) is 0 Å². The molecule has 2 aromatic carbocycles. The summed E-state index contributed by atoms with van der Waals surface area (Å²) in [6.07, 6.45) is 0. The molecule has 0 aromatic heterocycles. The van der Waals surface area contributed by atoms with Gasteiger partial charge in [0.05, 0.1) is 11.7 Å². The molecule has 0 aliphatic carbocycles. The molecule has 1 heterocycles. The second kappa shape index (κ2) is 7.98. The monoisotopic (exact) mass is 373 g/mol. The van der Waals surface area contributed by atoms with Crippen molar-refractivity contribution in [2.75, 3.05) is 36.4 Å². The van der Waals surface area contributed by atoms with Gasteiger partial charge in [0.15, 0.2) is 0 Å². The molecule has 1 aliphatic heterocycles. The molecule has 138 valence electrons. The van der Waals surface area contributed by atoms with E-state index >= 15 is 0 Å². The van der Waals surface area contributed by atoms with Crippen LogP contribution in [0, 0.1) is 6.92 Å². The number of hydrogen-bond acceptors (Lipinski definition) is 4. The molecule has 5 nitrogen and oxygen atoms in total. The molecule has 0 spiro atoms. The van der Waals surface area contributed by atoms with E-state index in [2.05, 4.69) is 15.1 Å². The number of nitrogens with one attached hydrogen (secondary N) is 1. The Kier molecular flexibility index (Phi) is 5.69. The molecule has 2 N–H and O–H groups in total. The van der Waals surface area contributed by atoms with Crippen LogP contribution in [-0.4, -0.2) is 48.1 Å². The van der Waals surface area contributed by atoms with Crippen molar-refractivity contribution < 1.29 is 9.90 Å². The standard InChI is InChI=1S/C20H24ClN3O2/c1-14-7-8-16(21)13-17(14)22-20(26)15(2)23-9-11-24(12-10-23)18-5-3-4-6-19(18)25/h3-8,13,15,25H,9-12H2,1-2H3,(H,22,26)/t15-/m0/s1. The summed E-state index contributed by atoms with van der Waals surface area (Å²) in [6, 6.07) is 12.6. The van der Waals surface area contributed by atoms with Crippen LogP contribution in [0.5, 0.6) is 5.75 Å². The highest BCUT2D eigenvalue weighted by atomic mass is 35.5. The third kappa shape index (κ3) is 4.11. The highest BCUT2D eigenvalue weighted by molar-refractivity contribution is 6.31. The number of amides is 1. The van der Waals surface area contributed by atoms with Crippen LogP contribution in [-0.2, 0) is 4.79 Å². The summed E-state index contributed by atoms with van der Waals surface area (Å²) in [6.45, 7) is 6.93. The first-order valence-corrected chi connectivity index (χ1v) is 9.17. The molecule has 0 unspecified atom stereocenters. The topological polar surface area (TPSA) is 55.8 Å². The lowest BCUT2D eigenvalue weighted by Crippen LogP contribution is -2.52. The fourth-order valence-corrected chi connectivity index (χ4v) is 3.39. The normalized spacial score (nSPS) is 16.3. The summed E-state index contributed by atoms with van der Waals surface area (Å²) in [4.78, 5) is 16.9. The van der Waals surface area contributed by atoms with Crippen molar-refractivity contribution in [2.24, 2.45) is 0 Å². The molecular formula is C20H24ClN3O2. The van der Waals surface area contributed by atoms with Gasteiger partial charge in [-0.25, -0.2) is 0 Å². The Morgan fingerprint density at radius 2 is 1.85 bits per heavy atom. The molecule has 1 fully saturated rings. The van der Waals surface area contributed by atoms with Crippen molar-refractivity contribution in [1.29, 1.82) is 0 Å². The van der Waals surface area contributed by atoms with Gasteiger partial charge in [-0.3, -0.25) is 9.69 Å². The zero-order chi connectivity index (χ0) is 18.7. The van der Waals surface area contributed by atoms with Crippen molar-refractivity contribution >= 4 is 28.9 Å². The summed E-state index contributed by atoms with van der Waals surface area (Å²) in [7, 11) is 0. The maximum Gasteiger partial charge on any atom is 0.241 e. The Hall–Kier alpha value is -2.24. The number of carbonyl (C=O) groups is 1. The number of anilines is 2. The average Bonchev–Trinajstić information content (AvgIpc) is 2.64. The van der Waals surface area contributed by atoms with Gasteiger partial charge >= 0.3 is 0 Å². The van der Waals surface area contributed by atoms with Gasteiger partial charge < -0.3 is 15.3 Å². The minimum Gasteiger partial charge on any atom is -0.506 e. The first-order chi connectivity index (χ1) is 12.5. The Morgan fingerprint density at radius 3 is 2.54 bits per heavy atom. The number of phenolic OH excluding ortho intramolecular Hbond substituents is 1. The lowest BCUT2D eigenvalue weighted by atomic mass is 10.1. The minimum absolute atomic E-state index is 0.0358. The number of rotatable bonds is 4. The second-order valence-corrected chi connectivity index (χ2v) is 7.07. The van der Waals surface area contributed by atoms with Crippen LogP contribution >= 0.6 is 11.6 Å². The van der Waals surface area contributed by atoms with Gasteiger partial charge in [-0.05, 0) is 43.7 Å². The van der Waals surface area contributed by atoms with Crippen LogP contribution in [0.3, 0.4) is 0 Å². The highest BCUT2D eigenvalue weighted by Crippen LogP contribution is 2.27. The quantitative estimate of drug-likeness (QED) is 0.861. The second-order valence-electron chi connectivity index (χ2n) is 6.64. The van der Waals surface area contributed by atoms with Gasteiger partial charge in [0.2, 0.25) is 5.91 Å². The third-order valence-corrected chi connectivity index (χ3v) is 5.16. The number of benzene rings is 2. The van der Waals surface area contributed by atoms with Crippen LogP contribution in [0.4, 0.5) is 11.4 Å². The first-order valence-electron chi connectivity index (χ1n) is 8.79. The average molecular weight is 374 g/mol. The number of halogens is 1. The summed E-state index contributed by atoms with van der Waals surface area (Å²) in [5.74, 6) is 0.259. The summed E-state index contributed by atoms with van der Waals surface area (Å²) in [5, 5.41) is 13.6. The van der Waals surface area contributed by atoms with E-state index in [-0.39, 0.29) is 11.9 Å². The van der Waals surface area contributed by atoms with E-state index in [9.17, 15) is 9.90 Å². The first kappa shape index (κ1) is 18.5. The van der Waals surface area contributed by atoms with Crippen LogP contribution < -0.4 is 10.2 Å². The molecule has 2 aromatic rings. The lowest BCUT2D eigenvalue weighted by molar-refractivity contribution is -0.120. The van der Waals surface area contributed by atoms with Crippen molar-refractivity contribution in [3.05, 3.63) is 53.1 Å². The van der Waals surface area contributed by atoms with Crippen LogP contribution in [0.15, 0.2) is 42.5 Å². The molecule has 0 radical (unpaired) electrons. The smallest absolute Gasteiger partial charge is 0.241 e. The van der Waals surface area contributed by atoms with Gasteiger partial charge in [0, 0.05) is 36.9 Å². The molecule has 1 saturated heterocycles. The number of aryl methyl sites for hydroxylation is 1. The minimum atomic E-state index is -0.236. The SMILES string of the molecule is Cc1ccc(Cl)cc1NC(=O)[C@H](C)N1CCN(c2ccccc2O)CC1. The summed E-state index contributed by atoms with van der Waals surface area (Å²) in [5.41, 5.74) is 2.58. The number of carbonyl (C=O) groups excluding carboxylic acids is 1. The molecule has 0 bridgehead atoms. The van der Waals surface area contributed by atoms with Crippen LogP contribution in [0.1, 0.15) is 12.5 Å². The predicted molar refractivity (Wildman–Crippen MR) is 106 cm³/mol. The zero-order valence-corrected chi connectivity index (χ0v) is 15.8. The molecule has 1 amide bonds. The van der Waals surface area contributed by atoms with Crippen LogP contribution in [0.2, 0.25) is 5.02 Å². The maximum absolute atomic E-state index is 12.6. The van der Waals surface area contributed by atoms with Gasteiger partial charge in [-0.1, -0.05) is 29.8 Å². The van der Waals surface area contributed by atoms with Gasteiger partial charge in [0.1, 0.15) is 5.75 Å². The molecule has 6 heteroatoms. The number of para-hydroxylation sites is 2.